The SMILES string of the molecule is NN=Cc1cccc(CN2CC(N)CC2=O)c1. The molecule has 0 radical (unpaired) electrons. The molecule has 0 aromatic heterocycles. The maximum atomic E-state index is 11.6. The van der Waals surface area contributed by atoms with Gasteiger partial charge in [-0.3, -0.25) is 4.79 Å². The van der Waals surface area contributed by atoms with E-state index in [0.29, 0.717) is 19.5 Å². The lowest BCUT2D eigenvalue weighted by Gasteiger charge is -2.16. The number of hydrogen-bond acceptors (Lipinski definition) is 4. The summed E-state index contributed by atoms with van der Waals surface area (Å²) in [5, 5.41) is 3.48. The van der Waals surface area contributed by atoms with Crippen molar-refractivity contribution in [3.05, 3.63) is 35.4 Å². The van der Waals surface area contributed by atoms with Gasteiger partial charge in [-0.05, 0) is 17.2 Å². The third kappa shape index (κ3) is 2.82. The number of amides is 1. The van der Waals surface area contributed by atoms with Crippen molar-refractivity contribution in [1.82, 2.24) is 4.90 Å². The molecular formula is C12H16N4O. The van der Waals surface area contributed by atoms with E-state index in [9.17, 15) is 4.79 Å². The second-order valence-electron chi connectivity index (χ2n) is 4.26. The van der Waals surface area contributed by atoms with Crippen LogP contribution in [-0.4, -0.2) is 29.6 Å². The molecule has 1 saturated heterocycles. The molecule has 1 heterocycles. The Bertz CT molecular complexity index is 444. The Morgan fingerprint density at radius 3 is 3.00 bits per heavy atom. The van der Waals surface area contributed by atoms with Crippen molar-refractivity contribution in [3.63, 3.8) is 0 Å². The molecule has 1 aromatic carbocycles. The average molecular weight is 232 g/mol. The number of hydrogen-bond donors (Lipinski definition) is 2. The highest BCUT2D eigenvalue weighted by Crippen LogP contribution is 2.14. The van der Waals surface area contributed by atoms with E-state index in [0.717, 1.165) is 11.1 Å². The quantitative estimate of drug-likeness (QED) is 0.438. The van der Waals surface area contributed by atoms with E-state index in [1.807, 2.05) is 24.3 Å². The van der Waals surface area contributed by atoms with Gasteiger partial charge in [0.1, 0.15) is 0 Å². The standard InChI is InChI=1S/C12H16N4O/c13-11-5-12(17)16(8-11)7-10-3-1-2-9(4-10)6-15-14/h1-4,6,11H,5,7-8,13-14H2. The predicted molar refractivity (Wildman–Crippen MR) is 66.2 cm³/mol. The van der Waals surface area contributed by atoms with Gasteiger partial charge in [-0.15, -0.1) is 0 Å². The number of carbonyl (C=O) groups is 1. The molecule has 0 saturated carbocycles. The summed E-state index contributed by atoms with van der Waals surface area (Å²) in [4.78, 5) is 13.4. The first-order valence-corrected chi connectivity index (χ1v) is 5.54. The van der Waals surface area contributed by atoms with Gasteiger partial charge in [0, 0.05) is 25.6 Å². The van der Waals surface area contributed by atoms with Gasteiger partial charge in [-0.1, -0.05) is 18.2 Å². The number of likely N-dealkylation sites (tertiary alicyclic amines) is 1. The lowest BCUT2D eigenvalue weighted by Crippen LogP contribution is -2.27. The zero-order valence-electron chi connectivity index (χ0n) is 9.54. The number of nitrogens with two attached hydrogens (primary N) is 2. The molecule has 90 valence electrons. The van der Waals surface area contributed by atoms with Gasteiger partial charge in [0.05, 0.1) is 6.21 Å². The normalized spacial score (nSPS) is 20.4. The Morgan fingerprint density at radius 2 is 2.35 bits per heavy atom. The van der Waals surface area contributed by atoms with Crippen molar-refractivity contribution in [1.29, 1.82) is 0 Å². The van der Waals surface area contributed by atoms with Crippen LogP contribution in [0.3, 0.4) is 0 Å². The third-order valence-electron chi connectivity index (χ3n) is 2.79. The fourth-order valence-corrected chi connectivity index (χ4v) is 2.03. The second kappa shape index (κ2) is 4.97. The Kier molecular flexibility index (Phi) is 3.39. The molecule has 1 aromatic rings. The van der Waals surface area contributed by atoms with E-state index in [-0.39, 0.29) is 11.9 Å². The number of benzene rings is 1. The zero-order valence-corrected chi connectivity index (χ0v) is 9.54. The van der Waals surface area contributed by atoms with Crippen LogP contribution in [0.1, 0.15) is 17.5 Å². The first-order valence-electron chi connectivity index (χ1n) is 5.54. The molecule has 1 amide bonds. The van der Waals surface area contributed by atoms with Gasteiger partial charge in [0.2, 0.25) is 5.91 Å². The van der Waals surface area contributed by atoms with Crippen LogP contribution in [-0.2, 0) is 11.3 Å². The molecule has 5 heteroatoms. The Labute approximate surface area is 100 Å². The Balaban J connectivity index is 2.08. The van der Waals surface area contributed by atoms with Crippen LogP contribution in [0.15, 0.2) is 29.4 Å². The van der Waals surface area contributed by atoms with Crippen molar-refractivity contribution in [2.75, 3.05) is 6.54 Å². The molecule has 1 unspecified atom stereocenters. The van der Waals surface area contributed by atoms with Crippen LogP contribution in [0.4, 0.5) is 0 Å². The maximum Gasteiger partial charge on any atom is 0.224 e. The molecule has 1 aliphatic heterocycles. The maximum absolute atomic E-state index is 11.6. The molecular weight excluding hydrogens is 216 g/mol. The third-order valence-corrected chi connectivity index (χ3v) is 2.79. The molecule has 1 aliphatic rings. The topological polar surface area (TPSA) is 84.7 Å². The molecule has 1 fully saturated rings. The molecule has 0 spiro atoms. The summed E-state index contributed by atoms with van der Waals surface area (Å²) < 4.78 is 0. The first kappa shape index (κ1) is 11.6. The predicted octanol–water partition coefficient (Wildman–Crippen LogP) is 0.0388. The van der Waals surface area contributed by atoms with Crippen LogP contribution in [0.2, 0.25) is 0 Å². The van der Waals surface area contributed by atoms with E-state index in [2.05, 4.69) is 5.10 Å². The molecule has 17 heavy (non-hydrogen) atoms. The molecule has 0 aliphatic carbocycles. The highest BCUT2D eigenvalue weighted by molar-refractivity contribution is 5.80. The van der Waals surface area contributed by atoms with Crippen molar-refractivity contribution in [2.45, 2.75) is 19.0 Å². The van der Waals surface area contributed by atoms with E-state index in [1.54, 1.807) is 11.1 Å². The fraction of sp³-hybridized carbons (Fsp3) is 0.333. The zero-order chi connectivity index (χ0) is 12.3. The number of rotatable bonds is 3. The lowest BCUT2D eigenvalue weighted by molar-refractivity contribution is -0.128. The largest absolute Gasteiger partial charge is 0.337 e. The number of carbonyl (C=O) groups excluding carboxylic acids is 1. The highest BCUT2D eigenvalue weighted by atomic mass is 16.2. The monoisotopic (exact) mass is 232 g/mol. The molecule has 2 rings (SSSR count). The molecule has 1 atom stereocenters. The molecule has 5 nitrogen and oxygen atoms in total. The summed E-state index contributed by atoms with van der Waals surface area (Å²) in [6.45, 7) is 1.23. The molecule has 4 N–H and O–H groups in total. The lowest BCUT2D eigenvalue weighted by atomic mass is 10.1. The van der Waals surface area contributed by atoms with Crippen molar-refractivity contribution in [2.24, 2.45) is 16.7 Å². The van der Waals surface area contributed by atoms with Crippen LogP contribution >= 0.6 is 0 Å². The number of hydrazone groups is 1. The second-order valence-corrected chi connectivity index (χ2v) is 4.26. The highest BCUT2D eigenvalue weighted by Gasteiger charge is 2.26. The summed E-state index contributed by atoms with van der Waals surface area (Å²) in [5.74, 6) is 5.22. The summed E-state index contributed by atoms with van der Waals surface area (Å²) in [6.07, 6.45) is 2.03. The summed E-state index contributed by atoms with van der Waals surface area (Å²) in [6, 6.07) is 7.75. The minimum absolute atomic E-state index is 0.0312. The van der Waals surface area contributed by atoms with Crippen LogP contribution in [0.5, 0.6) is 0 Å². The first-order chi connectivity index (χ1) is 8.19. The minimum atomic E-state index is -0.0312. The molecule has 0 bridgehead atoms. The van der Waals surface area contributed by atoms with Crippen molar-refractivity contribution < 1.29 is 4.79 Å². The van der Waals surface area contributed by atoms with Gasteiger partial charge in [-0.2, -0.15) is 5.10 Å². The van der Waals surface area contributed by atoms with E-state index >= 15 is 0 Å². The van der Waals surface area contributed by atoms with E-state index < -0.39 is 0 Å². The van der Waals surface area contributed by atoms with Crippen molar-refractivity contribution in [3.8, 4) is 0 Å². The van der Waals surface area contributed by atoms with Crippen LogP contribution < -0.4 is 11.6 Å². The smallest absolute Gasteiger partial charge is 0.224 e. The van der Waals surface area contributed by atoms with Gasteiger partial charge in [0.25, 0.3) is 0 Å². The van der Waals surface area contributed by atoms with Crippen LogP contribution in [0.25, 0.3) is 0 Å². The van der Waals surface area contributed by atoms with E-state index in [4.69, 9.17) is 11.6 Å². The summed E-state index contributed by atoms with van der Waals surface area (Å²) in [5.41, 5.74) is 7.74. The summed E-state index contributed by atoms with van der Waals surface area (Å²) in [7, 11) is 0. The fourth-order valence-electron chi connectivity index (χ4n) is 2.03. The van der Waals surface area contributed by atoms with Crippen molar-refractivity contribution >= 4 is 12.1 Å². The van der Waals surface area contributed by atoms with Gasteiger partial charge < -0.3 is 16.5 Å². The Morgan fingerprint density at radius 1 is 1.53 bits per heavy atom. The van der Waals surface area contributed by atoms with Crippen LogP contribution in [0, 0.1) is 0 Å². The Hall–Kier alpha value is -1.88. The van der Waals surface area contributed by atoms with Gasteiger partial charge in [0.15, 0.2) is 0 Å². The minimum Gasteiger partial charge on any atom is -0.337 e. The van der Waals surface area contributed by atoms with Gasteiger partial charge in [-0.25, -0.2) is 0 Å². The number of nitrogens with zero attached hydrogens (tertiary/aromatic N) is 2. The van der Waals surface area contributed by atoms with E-state index in [1.165, 1.54) is 0 Å². The van der Waals surface area contributed by atoms with Gasteiger partial charge >= 0.3 is 0 Å². The summed E-state index contributed by atoms with van der Waals surface area (Å²) >= 11 is 0. The average Bonchev–Trinajstić information content (AvgIpc) is 2.58.